The molecule has 1 aromatic heterocycles. The number of quaternary nitrogens is 1. The molecule has 19 heavy (non-hydrogen) atoms. The van der Waals surface area contributed by atoms with Crippen LogP contribution >= 0.6 is 11.3 Å². The van der Waals surface area contributed by atoms with Crippen molar-refractivity contribution >= 4 is 73.9 Å². The topological polar surface area (TPSA) is 69.2 Å². The maximum absolute atomic E-state index is 12.6. The molecule has 0 aromatic carbocycles. The van der Waals surface area contributed by atoms with E-state index in [1.165, 1.54) is 11.3 Å². The number of nitrogens with zero attached hydrogens (tertiary/aromatic N) is 4. The number of urea groups is 1. The molecular weight excluding hydrogens is 291 g/mol. The minimum absolute atomic E-state index is 0. The number of hydrogen-bond donors (Lipinski definition) is 0. The van der Waals surface area contributed by atoms with Crippen molar-refractivity contribution in [2.45, 2.75) is 33.1 Å². The van der Waals surface area contributed by atoms with Gasteiger partial charge in [-0.15, -0.1) is 5.10 Å². The Hall–Kier alpha value is 0.586. The zero-order valence-corrected chi connectivity index (χ0v) is 12.0. The number of hydrogen-bond acceptors (Lipinski definition) is 5. The zero-order valence-electron chi connectivity index (χ0n) is 11.1. The summed E-state index contributed by atoms with van der Waals surface area (Å²) in [7, 11) is 0. The first-order valence-electron chi connectivity index (χ1n) is 6.02. The van der Waals surface area contributed by atoms with Crippen molar-refractivity contribution in [1.29, 1.82) is 0 Å². The van der Waals surface area contributed by atoms with Crippen LogP contribution in [0.2, 0.25) is 0 Å². The number of likely N-dealkylation sites (N-methyl/N-ethyl adjacent to an activating group) is 1. The van der Waals surface area contributed by atoms with Gasteiger partial charge in [0, 0.05) is 12.0 Å². The molecule has 0 bridgehead atoms. The third-order valence-corrected chi connectivity index (χ3v) is 4.46. The molecule has 0 spiro atoms. The molecule has 8 heteroatoms. The average molecular weight is 310 g/mol. The van der Waals surface area contributed by atoms with Crippen LogP contribution in [0.25, 0.3) is 0 Å². The fourth-order valence-electron chi connectivity index (χ4n) is 1.82. The Kier molecular flexibility index (Phi) is 5.70. The van der Waals surface area contributed by atoms with Crippen LogP contribution in [-0.4, -0.2) is 92.1 Å². The van der Waals surface area contributed by atoms with Crippen molar-refractivity contribution in [3.63, 3.8) is 0 Å². The summed E-state index contributed by atoms with van der Waals surface area (Å²) in [6.07, 6.45) is 0. The summed E-state index contributed by atoms with van der Waals surface area (Å²) in [5, 5.41) is 21.6. The van der Waals surface area contributed by atoms with E-state index >= 15 is 0 Å². The van der Waals surface area contributed by atoms with Gasteiger partial charge in [0.25, 0.3) is 0 Å². The number of carbonyl (C=O) groups is 1. The fourth-order valence-corrected chi connectivity index (χ4v) is 2.78. The molecule has 1 fully saturated rings. The minimum atomic E-state index is -0.985. The second-order valence-corrected chi connectivity index (χ2v) is 6.42. The standard InChI is InChI=1S/C11H18N4O2S.K.H/c1-5-14-6-7-15(17,10(14)16)9-13-12-8(18-9)11(2,3)4;;/h5-7H2,1-4H3;;. The van der Waals surface area contributed by atoms with E-state index in [1.807, 2.05) is 27.7 Å². The van der Waals surface area contributed by atoms with Crippen molar-refractivity contribution in [3.05, 3.63) is 10.2 Å². The predicted octanol–water partition coefficient (Wildman–Crippen LogP) is 1.45. The Morgan fingerprint density at radius 2 is 2.05 bits per heavy atom. The SMILES string of the molecule is CCN1CC[N+]([O-])(c2nnc(C(C)(C)C)s2)C1=O.[KH]. The molecule has 2 rings (SSSR count). The van der Waals surface area contributed by atoms with Gasteiger partial charge in [0.05, 0.1) is 6.54 Å². The third kappa shape index (κ3) is 3.26. The molecule has 1 unspecified atom stereocenters. The van der Waals surface area contributed by atoms with Crippen LogP contribution in [0.15, 0.2) is 0 Å². The normalized spacial score (nSPS) is 23.6. The summed E-state index contributed by atoms with van der Waals surface area (Å²) >= 11 is 1.24. The Bertz CT molecular complexity index is 474. The zero-order chi connectivity index (χ0) is 13.6. The van der Waals surface area contributed by atoms with E-state index in [0.717, 1.165) is 5.01 Å². The van der Waals surface area contributed by atoms with Gasteiger partial charge in [-0.25, -0.2) is 9.44 Å². The molecular formula is C11H19KN4O2S. The Balaban J connectivity index is 0.00000180. The van der Waals surface area contributed by atoms with E-state index in [2.05, 4.69) is 10.2 Å². The van der Waals surface area contributed by atoms with Gasteiger partial charge in [-0.05, 0) is 18.3 Å². The van der Waals surface area contributed by atoms with Crippen molar-refractivity contribution in [3.8, 4) is 0 Å². The number of aromatic nitrogens is 2. The molecule has 1 saturated heterocycles. The number of carbonyl (C=O) groups excluding carboxylic acids is 1. The summed E-state index contributed by atoms with van der Waals surface area (Å²) in [6, 6.07) is -0.422. The van der Waals surface area contributed by atoms with Gasteiger partial charge in [-0.1, -0.05) is 25.9 Å². The summed E-state index contributed by atoms with van der Waals surface area (Å²) in [6.45, 7) is 9.18. The molecule has 0 aliphatic carbocycles. The van der Waals surface area contributed by atoms with Crippen molar-refractivity contribution in [2.75, 3.05) is 19.6 Å². The summed E-state index contributed by atoms with van der Waals surface area (Å²) in [4.78, 5) is 13.6. The molecule has 1 aromatic rings. The first-order chi connectivity index (χ1) is 8.29. The molecule has 1 aliphatic rings. The van der Waals surface area contributed by atoms with Gasteiger partial charge < -0.3 is 5.21 Å². The van der Waals surface area contributed by atoms with Crippen LogP contribution in [0, 0.1) is 5.21 Å². The first-order valence-corrected chi connectivity index (χ1v) is 6.84. The van der Waals surface area contributed by atoms with Crippen LogP contribution < -0.4 is 4.65 Å². The molecule has 2 heterocycles. The van der Waals surface area contributed by atoms with Gasteiger partial charge in [0.2, 0.25) is 0 Å². The van der Waals surface area contributed by atoms with Gasteiger partial charge in [0.1, 0.15) is 11.6 Å². The van der Waals surface area contributed by atoms with Gasteiger partial charge in [0.15, 0.2) is 0 Å². The van der Waals surface area contributed by atoms with E-state index in [1.54, 1.807) is 4.90 Å². The summed E-state index contributed by atoms with van der Waals surface area (Å²) < 4.78 is -0.985. The van der Waals surface area contributed by atoms with Gasteiger partial charge >= 0.3 is 62.5 Å². The van der Waals surface area contributed by atoms with E-state index in [9.17, 15) is 10.0 Å². The first kappa shape index (κ1) is 17.6. The van der Waals surface area contributed by atoms with Crippen molar-refractivity contribution in [1.82, 2.24) is 19.7 Å². The Morgan fingerprint density at radius 1 is 1.42 bits per heavy atom. The second-order valence-electron chi connectivity index (χ2n) is 5.47. The number of amides is 2. The Labute approximate surface area is 159 Å². The molecule has 1 atom stereocenters. The second kappa shape index (κ2) is 6.14. The number of rotatable bonds is 2. The third-order valence-electron chi connectivity index (χ3n) is 3.01. The molecule has 0 radical (unpaired) electrons. The molecule has 6 nitrogen and oxygen atoms in total. The number of hydroxylamine groups is 2. The summed E-state index contributed by atoms with van der Waals surface area (Å²) in [5.74, 6) is 0. The van der Waals surface area contributed by atoms with E-state index in [4.69, 9.17) is 0 Å². The van der Waals surface area contributed by atoms with Crippen LogP contribution in [0.1, 0.15) is 32.7 Å². The fraction of sp³-hybridized carbons (Fsp3) is 0.727. The predicted molar refractivity (Wildman–Crippen MR) is 78.4 cm³/mol. The molecule has 0 saturated carbocycles. The molecule has 2 amide bonds. The van der Waals surface area contributed by atoms with Crippen LogP contribution in [0.5, 0.6) is 0 Å². The van der Waals surface area contributed by atoms with Crippen LogP contribution in [0.4, 0.5) is 9.93 Å². The average Bonchev–Trinajstić information content (AvgIpc) is 2.86. The molecule has 1 aliphatic heterocycles. The summed E-state index contributed by atoms with van der Waals surface area (Å²) in [5.41, 5.74) is -0.151. The Morgan fingerprint density at radius 3 is 2.47 bits per heavy atom. The van der Waals surface area contributed by atoms with Crippen molar-refractivity contribution in [2.24, 2.45) is 0 Å². The van der Waals surface area contributed by atoms with Gasteiger partial charge in [-0.3, -0.25) is 4.90 Å². The maximum atomic E-state index is 12.6. The van der Waals surface area contributed by atoms with Crippen molar-refractivity contribution < 1.29 is 4.79 Å². The quantitative estimate of drug-likeness (QED) is 0.471. The van der Waals surface area contributed by atoms with Gasteiger partial charge in [-0.2, -0.15) is 0 Å². The van der Waals surface area contributed by atoms with E-state index < -0.39 is 10.7 Å². The van der Waals surface area contributed by atoms with Crippen LogP contribution in [0.3, 0.4) is 0 Å². The van der Waals surface area contributed by atoms with E-state index in [-0.39, 0.29) is 68.5 Å². The van der Waals surface area contributed by atoms with Crippen LogP contribution in [-0.2, 0) is 5.41 Å². The van der Waals surface area contributed by atoms with E-state index in [0.29, 0.717) is 13.1 Å². The molecule has 0 N–H and O–H groups in total. The monoisotopic (exact) mass is 310 g/mol. The molecule has 102 valence electrons.